The molecule has 4 aliphatic rings. The van der Waals surface area contributed by atoms with Crippen LogP contribution >= 0.6 is 7.82 Å². The molecule has 344 valence electrons. The van der Waals surface area contributed by atoms with Crippen molar-refractivity contribution in [2.45, 2.75) is 135 Å². The molecular formula is C31H58N8O20P+3. The number of phosphoric ester groups is 1. The summed E-state index contributed by atoms with van der Waals surface area (Å²) in [4.78, 5) is 41.6. The standard InChI is InChI=1S/C31H55N8O20P/c32-3-1-11(41)27(49)37-10-5-9(34)24(23(48)25(10)58-29-19(44)16(36)17(42)13(7-40)56-29)57-30-22(47)20(45)26(12(6-33)55-30)59-60(51,52)53-8-14-18(43)21(46)28(54-14)39-4-2-15(35)38-31(39)50/h2,4,9-14,16-26,28-30,40-48H,1,3,5-8,32-34,36H2,(H,37,49)(H,51,52)(H2,35,38,50)/p+3/t9-,10+,11-,12+,13+,14+,16-,17+,18+,19+,20+,21+,22+,23-,24+,25-,26+,28+,29+,30+/m0/s1. The highest BCUT2D eigenvalue weighted by molar-refractivity contribution is 7.45. The third-order valence-corrected chi connectivity index (χ3v) is 11.8. The molecule has 1 saturated carbocycles. The number of aliphatic hydroxyl groups excluding tert-OH is 9. The van der Waals surface area contributed by atoms with Gasteiger partial charge in [-0.3, -0.25) is 13.9 Å². The van der Waals surface area contributed by atoms with E-state index in [9.17, 15) is 65.0 Å². The predicted octanol–water partition coefficient (Wildman–Crippen LogP) is -13.3. The second kappa shape index (κ2) is 20.4. The van der Waals surface area contributed by atoms with Crippen molar-refractivity contribution in [3.63, 3.8) is 0 Å². The molecule has 0 aromatic carbocycles. The van der Waals surface area contributed by atoms with Crippen molar-refractivity contribution in [1.82, 2.24) is 14.9 Å². The molecule has 28 nitrogen and oxygen atoms in total. The highest BCUT2D eigenvalue weighted by atomic mass is 31.2. The van der Waals surface area contributed by atoms with Crippen LogP contribution < -0.4 is 44.6 Å². The van der Waals surface area contributed by atoms with E-state index >= 15 is 0 Å². The van der Waals surface area contributed by atoms with Crippen LogP contribution in [0.4, 0.5) is 5.82 Å². The van der Waals surface area contributed by atoms with Crippen molar-refractivity contribution in [3.05, 3.63) is 22.7 Å². The van der Waals surface area contributed by atoms with E-state index in [1.165, 1.54) is 6.07 Å². The van der Waals surface area contributed by atoms with E-state index < -0.39 is 155 Å². The molecule has 0 radical (unpaired) electrons. The minimum absolute atomic E-state index is 0.00331. The van der Waals surface area contributed by atoms with Gasteiger partial charge in [0, 0.05) is 19.0 Å². The van der Waals surface area contributed by atoms with Crippen LogP contribution in [-0.2, 0) is 42.1 Å². The van der Waals surface area contributed by atoms with Crippen LogP contribution in [-0.4, -0.2) is 204 Å². The summed E-state index contributed by atoms with van der Waals surface area (Å²) in [6.45, 7) is -1.72. The number of phosphoric acid groups is 1. The van der Waals surface area contributed by atoms with Gasteiger partial charge in [-0.25, -0.2) is 4.79 Å². The van der Waals surface area contributed by atoms with E-state index in [0.717, 1.165) is 10.8 Å². The fourth-order valence-electron chi connectivity index (χ4n) is 7.44. The summed E-state index contributed by atoms with van der Waals surface area (Å²) in [5.41, 5.74) is 19.5. The molecule has 29 heteroatoms. The first kappa shape index (κ1) is 48.6. The van der Waals surface area contributed by atoms with Gasteiger partial charge in [0.25, 0.3) is 7.82 Å². The summed E-state index contributed by atoms with van der Waals surface area (Å²) < 4.78 is 52.6. The summed E-state index contributed by atoms with van der Waals surface area (Å²) in [5, 5.41) is 98.8. The summed E-state index contributed by atoms with van der Waals surface area (Å²) in [6, 6.07) is -1.98. The fourth-order valence-corrected chi connectivity index (χ4v) is 8.39. The SMILES string of the molecule is Nc1ccn([C@@H]2O[C@H](COP(=O)([O-])O[C@H]3[C@H](O)[C@@H](O)[C@@H](O[C@H]4[C@H](O)[C@@H](O[C@H]5O[C@H](CO)[C@@H](O)[C@H]([NH3+])[C@H]5O)[C@H](NC(=O)[C@@H](O)CC[NH3+])C[C@@H]4[NH3+])O[C@@H]3C[NH3+])[C@@H](O)[C@H]2O)c(=O)n1. The number of nitrogens with zero attached hydrogens (tertiary/aromatic N) is 2. The average Bonchev–Trinajstić information content (AvgIpc) is 3.48. The first-order chi connectivity index (χ1) is 28.2. The van der Waals surface area contributed by atoms with Crippen LogP contribution in [0.3, 0.4) is 0 Å². The Morgan fingerprint density at radius 2 is 1.58 bits per heavy atom. The van der Waals surface area contributed by atoms with Gasteiger partial charge in [-0.05, 0) is 6.07 Å². The van der Waals surface area contributed by atoms with Gasteiger partial charge < -0.3 is 118 Å². The number of hydrogen-bond acceptors (Lipinski definition) is 22. The van der Waals surface area contributed by atoms with Crippen molar-refractivity contribution < 1.29 is 116 Å². The summed E-state index contributed by atoms with van der Waals surface area (Å²) in [5.74, 6) is -0.971. The number of aliphatic hydroxyl groups is 9. The highest BCUT2D eigenvalue weighted by Gasteiger charge is 2.55. The van der Waals surface area contributed by atoms with Gasteiger partial charge >= 0.3 is 5.69 Å². The van der Waals surface area contributed by atoms with Gasteiger partial charge in [0.05, 0.1) is 25.8 Å². The molecule has 1 amide bonds. The number of aromatic nitrogens is 2. The number of nitrogens with one attached hydrogen (secondary N) is 1. The molecule has 5 rings (SSSR count). The molecule has 1 aromatic heterocycles. The van der Waals surface area contributed by atoms with Crippen LogP contribution in [0, 0.1) is 0 Å². The van der Waals surface area contributed by atoms with Crippen LogP contribution in [0.2, 0.25) is 0 Å². The number of quaternary nitrogens is 4. The topological polar surface area (TPSA) is 487 Å². The lowest BCUT2D eigenvalue weighted by Crippen LogP contribution is -2.80. The summed E-state index contributed by atoms with van der Waals surface area (Å²) in [6.07, 6.45) is -26.9. The fraction of sp³-hybridized carbons (Fsp3) is 0.839. The minimum Gasteiger partial charge on any atom is -0.756 e. The van der Waals surface area contributed by atoms with Crippen LogP contribution in [0.1, 0.15) is 19.1 Å². The van der Waals surface area contributed by atoms with E-state index in [1.54, 1.807) is 0 Å². The molecule has 3 saturated heterocycles. The number of carbonyl (C=O) groups is 1. The number of amides is 1. The molecule has 60 heavy (non-hydrogen) atoms. The van der Waals surface area contributed by atoms with E-state index in [4.69, 9.17) is 38.5 Å². The van der Waals surface area contributed by atoms with E-state index in [1.807, 2.05) is 0 Å². The Balaban J connectivity index is 1.26. The molecule has 21 atom stereocenters. The average molecular weight is 894 g/mol. The van der Waals surface area contributed by atoms with Gasteiger partial charge in [-0.2, -0.15) is 4.98 Å². The Labute approximate surface area is 340 Å². The molecule has 24 N–H and O–H groups in total. The second-order valence-electron chi connectivity index (χ2n) is 15.0. The maximum atomic E-state index is 13.0. The van der Waals surface area contributed by atoms with Crippen molar-refractivity contribution in [1.29, 1.82) is 0 Å². The predicted molar refractivity (Wildman–Crippen MR) is 187 cm³/mol. The maximum Gasteiger partial charge on any atom is 0.351 e. The Morgan fingerprint density at radius 3 is 2.22 bits per heavy atom. The molecule has 4 fully saturated rings. The number of ether oxygens (including phenoxy) is 5. The van der Waals surface area contributed by atoms with E-state index in [0.29, 0.717) is 0 Å². The lowest BCUT2D eigenvalue weighted by molar-refractivity contribution is -0.494. The number of carbonyl (C=O) groups excluding carboxylic acids is 1. The highest BCUT2D eigenvalue weighted by Crippen LogP contribution is 2.44. The number of anilines is 1. The number of rotatable bonds is 16. The number of nitrogens with two attached hydrogens (primary N) is 1. The number of hydrogen-bond donors (Lipinski definition) is 15. The Bertz CT molecular complexity index is 1690. The summed E-state index contributed by atoms with van der Waals surface area (Å²) in [7, 11) is -5.46. The second-order valence-corrected chi connectivity index (χ2v) is 16.4. The Kier molecular flexibility index (Phi) is 16.5. The molecule has 0 bridgehead atoms. The van der Waals surface area contributed by atoms with Gasteiger partial charge in [-0.15, -0.1) is 0 Å². The first-order valence-corrected chi connectivity index (χ1v) is 20.6. The molecular weight excluding hydrogens is 835 g/mol. The van der Waals surface area contributed by atoms with Crippen molar-refractivity contribution in [2.75, 3.05) is 32.0 Å². The normalized spacial score (nSPS) is 42.7. The van der Waals surface area contributed by atoms with Crippen molar-refractivity contribution in [2.24, 2.45) is 0 Å². The molecule has 0 spiro atoms. The summed E-state index contributed by atoms with van der Waals surface area (Å²) >= 11 is 0. The van der Waals surface area contributed by atoms with Gasteiger partial charge in [-0.1, -0.05) is 0 Å². The minimum atomic E-state index is -5.46. The molecule has 4 heterocycles. The maximum absolute atomic E-state index is 13.0. The smallest absolute Gasteiger partial charge is 0.351 e. The Hall–Kier alpha value is -2.46. The third-order valence-electron chi connectivity index (χ3n) is 10.8. The van der Waals surface area contributed by atoms with E-state index in [2.05, 4.69) is 33.2 Å². The lowest BCUT2D eigenvalue weighted by atomic mass is 9.83. The van der Waals surface area contributed by atoms with Gasteiger partial charge in [0.15, 0.2) is 24.9 Å². The zero-order valence-electron chi connectivity index (χ0n) is 32.2. The molecule has 3 aliphatic heterocycles. The largest absolute Gasteiger partial charge is 0.756 e. The lowest BCUT2D eigenvalue weighted by Gasteiger charge is -2.48. The monoisotopic (exact) mass is 893 g/mol. The zero-order chi connectivity index (χ0) is 44.4. The van der Waals surface area contributed by atoms with Crippen LogP contribution in [0.5, 0.6) is 0 Å². The quantitative estimate of drug-likeness (QED) is 0.0685. The third kappa shape index (κ3) is 10.7. The molecule has 1 aromatic rings. The molecule has 1 aliphatic carbocycles. The van der Waals surface area contributed by atoms with E-state index in [-0.39, 0.29) is 31.7 Å². The van der Waals surface area contributed by atoms with Crippen LogP contribution in [0.25, 0.3) is 0 Å². The van der Waals surface area contributed by atoms with Gasteiger partial charge in [0.2, 0.25) is 5.91 Å². The first-order valence-electron chi connectivity index (χ1n) is 19.1. The van der Waals surface area contributed by atoms with Gasteiger partial charge in [0.1, 0.15) is 104 Å². The Morgan fingerprint density at radius 1 is 0.933 bits per heavy atom. The zero-order valence-corrected chi connectivity index (χ0v) is 33.1. The van der Waals surface area contributed by atoms with Crippen molar-refractivity contribution >= 4 is 19.5 Å². The van der Waals surface area contributed by atoms with Crippen molar-refractivity contribution in [3.8, 4) is 0 Å². The van der Waals surface area contributed by atoms with Crippen LogP contribution in [0.15, 0.2) is 17.1 Å². The number of nitrogen functional groups attached to an aromatic ring is 1. The molecule has 1 unspecified atom stereocenters.